The molecular formula is C14H11Br2F2NO2S. The highest BCUT2D eigenvalue weighted by molar-refractivity contribution is 9.13. The van der Waals surface area contributed by atoms with E-state index in [1.54, 1.807) is 18.2 Å². The fourth-order valence-electron chi connectivity index (χ4n) is 1.70. The third kappa shape index (κ3) is 5.03. The second kappa shape index (κ2) is 8.03. The van der Waals surface area contributed by atoms with E-state index in [2.05, 4.69) is 41.9 Å². The van der Waals surface area contributed by atoms with E-state index in [0.29, 0.717) is 17.8 Å². The van der Waals surface area contributed by atoms with Gasteiger partial charge in [0.05, 0.1) is 8.66 Å². The largest absolute Gasteiger partial charge is 0.435 e. The quantitative estimate of drug-likeness (QED) is 0.677. The van der Waals surface area contributed by atoms with E-state index in [-0.39, 0.29) is 11.7 Å². The standard InChI is InChI=1S/C14H11Br2F2NO2S/c15-10-7-11(22-12(10)16)13(20)19-6-5-8-1-3-9(4-2-8)21-14(17)18/h1-4,7,14H,5-6H2,(H,19,20). The number of nitrogens with one attached hydrogen (secondary N) is 1. The van der Waals surface area contributed by atoms with Crippen LogP contribution >= 0.6 is 43.2 Å². The monoisotopic (exact) mass is 453 g/mol. The number of amides is 1. The molecule has 0 spiro atoms. The number of halogens is 4. The lowest BCUT2D eigenvalue weighted by molar-refractivity contribution is -0.0498. The normalized spacial score (nSPS) is 10.8. The SMILES string of the molecule is O=C(NCCc1ccc(OC(F)F)cc1)c1cc(Br)c(Br)s1. The van der Waals surface area contributed by atoms with Crippen LogP contribution in [-0.2, 0) is 6.42 Å². The van der Waals surface area contributed by atoms with E-state index < -0.39 is 6.61 Å². The highest BCUT2D eigenvalue weighted by Gasteiger charge is 2.11. The summed E-state index contributed by atoms with van der Waals surface area (Å²) >= 11 is 8.02. The summed E-state index contributed by atoms with van der Waals surface area (Å²) in [5.74, 6) is -0.0230. The molecule has 1 N–H and O–H groups in total. The fraction of sp³-hybridized carbons (Fsp3) is 0.214. The van der Waals surface area contributed by atoms with E-state index in [4.69, 9.17) is 0 Å². The van der Waals surface area contributed by atoms with Crippen molar-refractivity contribution >= 4 is 49.1 Å². The van der Waals surface area contributed by atoms with Gasteiger partial charge in [0.15, 0.2) is 0 Å². The Morgan fingerprint density at radius 3 is 2.50 bits per heavy atom. The maximum atomic E-state index is 12.0. The fourth-order valence-corrected chi connectivity index (χ4v) is 3.66. The molecule has 1 aromatic carbocycles. The summed E-state index contributed by atoms with van der Waals surface area (Å²) in [5.41, 5.74) is 0.926. The summed E-state index contributed by atoms with van der Waals surface area (Å²) in [5, 5.41) is 2.81. The molecular weight excluding hydrogens is 444 g/mol. The molecule has 0 aliphatic carbocycles. The van der Waals surface area contributed by atoms with E-state index in [9.17, 15) is 13.6 Å². The predicted octanol–water partition coefficient (Wildman–Crippen LogP) is 4.85. The molecule has 1 aromatic heterocycles. The minimum Gasteiger partial charge on any atom is -0.435 e. The van der Waals surface area contributed by atoms with Gasteiger partial charge in [-0.1, -0.05) is 12.1 Å². The number of thiophene rings is 1. The van der Waals surface area contributed by atoms with E-state index in [1.165, 1.54) is 23.5 Å². The number of carbonyl (C=O) groups excluding carboxylic acids is 1. The zero-order valence-corrected chi connectivity index (χ0v) is 15.1. The first-order chi connectivity index (χ1) is 10.5. The maximum Gasteiger partial charge on any atom is 0.387 e. The number of carbonyl (C=O) groups is 1. The van der Waals surface area contributed by atoms with Crippen molar-refractivity contribution in [1.82, 2.24) is 5.32 Å². The second-order valence-electron chi connectivity index (χ2n) is 4.26. The van der Waals surface area contributed by atoms with Crippen molar-refractivity contribution in [3.8, 4) is 5.75 Å². The number of alkyl halides is 2. The van der Waals surface area contributed by atoms with Crippen LogP contribution in [0.15, 0.2) is 38.6 Å². The van der Waals surface area contributed by atoms with Gasteiger partial charge in [-0.25, -0.2) is 0 Å². The highest BCUT2D eigenvalue weighted by atomic mass is 79.9. The van der Waals surface area contributed by atoms with Crippen LogP contribution in [0.4, 0.5) is 8.78 Å². The van der Waals surface area contributed by atoms with Gasteiger partial charge in [0, 0.05) is 11.0 Å². The summed E-state index contributed by atoms with van der Waals surface area (Å²) < 4.78 is 30.0. The molecule has 0 saturated heterocycles. The van der Waals surface area contributed by atoms with Crippen LogP contribution in [0, 0.1) is 0 Å². The number of rotatable bonds is 6. The van der Waals surface area contributed by atoms with Crippen molar-refractivity contribution < 1.29 is 18.3 Å². The van der Waals surface area contributed by atoms with Crippen LogP contribution < -0.4 is 10.1 Å². The van der Waals surface area contributed by atoms with Crippen LogP contribution in [0.2, 0.25) is 0 Å². The first kappa shape index (κ1) is 17.4. The van der Waals surface area contributed by atoms with Crippen LogP contribution in [-0.4, -0.2) is 19.1 Å². The predicted molar refractivity (Wildman–Crippen MR) is 88.8 cm³/mol. The molecule has 0 atom stereocenters. The Hall–Kier alpha value is -0.990. The van der Waals surface area contributed by atoms with Gasteiger partial charge in [-0.2, -0.15) is 8.78 Å². The van der Waals surface area contributed by atoms with Crippen molar-refractivity contribution in [2.24, 2.45) is 0 Å². The number of benzene rings is 1. The Kier molecular flexibility index (Phi) is 6.34. The molecule has 2 rings (SSSR count). The van der Waals surface area contributed by atoms with Gasteiger partial charge in [-0.15, -0.1) is 11.3 Å². The highest BCUT2D eigenvalue weighted by Crippen LogP contribution is 2.32. The topological polar surface area (TPSA) is 38.3 Å². The molecule has 1 heterocycles. The average molecular weight is 455 g/mol. The average Bonchev–Trinajstić information content (AvgIpc) is 2.80. The van der Waals surface area contributed by atoms with Crippen LogP contribution in [0.3, 0.4) is 0 Å². The smallest absolute Gasteiger partial charge is 0.387 e. The van der Waals surface area contributed by atoms with Gasteiger partial charge < -0.3 is 10.1 Å². The van der Waals surface area contributed by atoms with Gasteiger partial charge >= 0.3 is 6.61 Å². The maximum absolute atomic E-state index is 12.0. The van der Waals surface area contributed by atoms with Crippen molar-refractivity contribution in [1.29, 1.82) is 0 Å². The second-order valence-corrected chi connectivity index (χ2v) is 7.49. The number of ether oxygens (including phenoxy) is 1. The van der Waals surface area contributed by atoms with Crippen LogP contribution in [0.25, 0.3) is 0 Å². The van der Waals surface area contributed by atoms with Gasteiger partial charge in [0.1, 0.15) is 5.75 Å². The zero-order valence-electron chi connectivity index (χ0n) is 11.1. The van der Waals surface area contributed by atoms with Crippen molar-refractivity contribution in [2.75, 3.05) is 6.54 Å². The summed E-state index contributed by atoms with van der Waals surface area (Å²) in [6, 6.07) is 8.11. The molecule has 0 radical (unpaired) electrons. The Morgan fingerprint density at radius 1 is 1.27 bits per heavy atom. The Balaban J connectivity index is 1.82. The number of hydrogen-bond donors (Lipinski definition) is 1. The van der Waals surface area contributed by atoms with Crippen LogP contribution in [0.5, 0.6) is 5.75 Å². The molecule has 0 fully saturated rings. The van der Waals surface area contributed by atoms with Gasteiger partial charge in [0.2, 0.25) is 0 Å². The zero-order chi connectivity index (χ0) is 16.1. The summed E-state index contributed by atoms with van der Waals surface area (Å²) in [4.78, 5) is 12.5. The lowest BCUT2D eigenvalue weighted by Gasteiger charge is -2.06. The molecule has 0 unspecified atom stereocenters. The summed E-state index contributed by atoms with van der Waals surface area (Å²) in [7, 11) is 0. The summed E-state index contributed by atoms with van der Waals surface area (Å²) in [6.07, 6.45) is 0.606. The molecule has 0 bridgehead atoms. The van der Waals surface area contributed by atoms with Crippen molar-refractivity contribution in [3.63, 3.8) is 0 Å². The first-order valence-corrected chi connectivity index (χ1v) is 8.62. The van der Waals surface area contributed by atoms with E-state index >= 15 is 0 Å². The molecule has 118 valence electrons. The Morgan fingerprint density at radius 2 is 1.95 bits per heavy atom. The number of hydrogen-bond acceptors (Lipinski definition) is 3. The van der Waals surface area contributed by atoms with Gasteiger partial charge in [-0.3, -0.25) is 4.79 Å². The van der Waals surface area contributed by atoms with Gasteiger partial charge in [0.25, 0.3) is 5.91 Å². The molecule has 8 heteroatoms. The molecule has 0 saturated carbocycles. The summed E-state index contributed by atoms with van der Waals surface area (Å²) in [6.45, 7) is -2.37. The van der Waals surface area contributed by atoms with Crippen molar-refractivity contribution in [3.05, 3.63) is 49.0 Å². The lowest BCUT2D eigenvalue weighted by Crippen LogP contribution is -2.24. The Labute approximate surface area is 146 Å². The van der Waals surface area contributed by atoms with E-state index in [0.717, 1.165) is 13.8 Å². The molecule has 0 aliphatic heterocycles. The third-order valence-corrected chi connectivity index (χ3v) is 5.97. The van der Waals surface area contributed by atoms with Crippen molar-refractivity contribution in [2.45, 2.75) is 13.0 Å². The third-order valence-electron chi connectivity index (χ3n) is 2.72. The van der Waals surface area contributed by atoms with Crippen LogP contribution in [0.1, 0.15) is 15.2 Å². The molecule has 0 aliphatic rings. The molecule has 3 nitrogen and oxygen atoms in total. The first-order valence-electron chi connectivity index (χ1n) is 6.22. The van der Waals surface area contributed by atoms with E-state index in [1.807, 2.05) is 0 Å². The Bertz CT molecular complexity index is 627. The molecule has 2 aromatic rings. The lowest BCUT2D eigenvalue weighted by atomic mass is 10.1. The minimum atomic E-state index is -2.82. The molecule has 22 heavy (non-hydrogen) atoms. The molecule has 1 amide bonds. The minimum absolute atomic E-state index is 0.121. The van der Waals surface area contributed by atoms with Gasteiger partial charge in [-0.05, 0) is 62.0 Å².